The standard InChI is InChI=1S/C23H26N4O4/c28-19-5-4-18(20(29)24-19)27-13-14-10-15(2-3-17(14)21(27)30)25-8-9-26(22(25)31)16-11-23(12-16)6-1-7-23/h2-3,10,16,18H,1,4-9,11-13H2,(H,24,28,29). The number of hydrogen-bond donors (Lipinski definition) is 1. The van der Waals surface area contributed by atoms with Gasteiger partial charge in [-0.2, -0.15) is 0 Å². The number of benzene rings is 1. The molecule has 3 aliphatic heterocycles. The van der Waals surface area contributed by atoms with Crippen LogP contribution < -0.4 is 10.2 Å². The van der Waals surface area contributed by atoms with Gasteiger partial charge in [0.05, 0.1) is 0 Å². The molecule has 1 N–H and O–H groups in total. The molecule has 1 atom stereocenters. The van der Waals surface area contributed by atoms with E-state index < -0.39 is 11.9 Å². The number of fused-ring (bicyclic) bond motifs is 1. The quantitative estimate of drug-likeness (QED) is 0.755. The van der Waals surface area contributed by atoms with Gasteiger partial charge in [0.2, 0.25) is 11.8 Å². The number of hydrogen-bond acceptors (Lipinski definition) is 4. The van der Waals surface area contributed by atoms with Crippen LogP contribution in [0.15, 0.2) is 18.2 Å². The Balaban J connectivity index is 1.17. The summed E-state index contributed by atoms with van der Waals surface area (Å²) in [6.45, 7) is 1.73. The largest absolute Gasteiger partial charge is 0.324 e. The van der Waals surface area contributed by atoms with Crippen molar-refractivity contribution in [3.05, 3.63) is 29.3 Å². The van der Waals surface area contributed by atoms with Gasteiger partial charge in [-0.15, -0.1) is 0 Å². The first-order chi connectivity index (χ1) is 14.9. The number of imide groups is 1. The van der Waals surface area contributed by atoms with Crippen molar-refractivity contribution in [2.75, 3.05) is 18.0 Å². The molecule has 1 aromatic carbocycles. The average molecular weight is 422 g/mol. The molecule has 31 heavy (non-hydrogen) atoms. The number of carbonyl (C=O) groups is 4. The monoisotopic (exact) mass is 422 g/mol. The Hall–Kier alpha value is -2.90. The van der Waals surface area contributed by atoms with Gasteiger partial charge < -0.3 is 9.80 Å². The normalized spacial score (nSPS) is 27.5. The number of urea groups is 1. The highest BCUT2D eigenvalue weighted by molar-refractivity contribution is 6.06. The summed E-state index contributed by atoms with van der Waals surface area (Å²) < 4.78 is 0. The maximum absolute atomic E-state index is 13.1. The van der Waals surface area contributed by atoms with Crippen molar-refractivity contribution in [2.24, 2.45) is 5.41 Å². The molecular weight excluding hydrogens is 396 g/mol. The first-order valence-electron chi connectivity index (χ1n) is 11.3. The lowest BCUT2D eigenvalue weighted by Crippen LogP contribution is -2.54. The predicted molar refractivity (Wildman–Crippen MR) is 111 cm³/mol. The molecule has 8 nitrogen and oxygen atoms in total. The Morgan fingerprint density at radius 1 is 1.00 bits per heavy atom. The minimum atomic E-state index is -0.623. The summed E-state index contributed by atoms with van der Waals surface area (Å²) in [7, 11) is 0. The van der Waals surface area contributed by atoms with Crippen molar-refractivity contribution in [2.45, 2.75) is 63.6 Å². The summed E-state index contributed by atoms with van der Waals surface area (Å²) in [4.78, 5) is 55.0. The summed E-state index contributed by atoms with van der Waals surface area (Å²) in [5, 5.41) is 2.33. The topological polar surface area (TPSA) is 90.0 Å². The van der Waals surface area contributed by atoms with Crippen molar-refractivity contribution >= 4 is 29.4 Å². The summed E-state index contributed by atoms with van der Waals surface area (Å²) in [5.74, 6) is -0.891. The third-order valence-corrected chi connectivity index (χ3v) is 8.05. The molecule has 3 heterocycles. The van der Waals surface area contributed by atoms with Gasteiger partial charge in [-0.05, 0) is 61.3 Å². The number of nitrogens with one attached hydrogen (secondary N) is 1. The SMILES string of the molecule is O=C1CCC(N2Cc3cc(N4CCN(C5CC6(CCC6)C5)C4=O)ccc3C2=O)C(=O)N1. The van der Waals surface area contributed by atoms with Crippen molar-refractivity contribution in [3.63, 3.8) is 0 Å². The number of rotatable bonds is 3. The van der Waals surface area contributed by atoms with E-state index >= 15 is 0 Å². The average Bonchev–Trinajstić information content (AvgIpc) is 3.20. The second-order valence-electron chi connectivity index (χ2n) is 9.78. The lowest BCUT2D eigenvalue weighted by atomic mass is 9.54. The Bertz CT molecular complexity index is 1010. The van der Waals surface area contributed by atoms with Crippen LogP contribution in [0.1, 0.15) is 60.9 Å². The highest BCUT2D eigenvalue weighted by Crippen LogP contribution is 2.57. The van der Waals surface area contributed by atoms with Crippen molar-refractivity contribution in [1.82, 2.24) is 15.1 Å². The van der Waals surface area contributed by atoms with Crippen LogP contribution in [-0.4, -0.2) is 58.7 Å². The second kappa shape index (κ2) is 6.55. The molecule has 2 aliphatic carbocycles. The van der Waals surface area contributed by atoms with E-state index in [4.69, 9.17) is 0 Å². The molecule has 2 saturated carbocycles. The minimum Gasteiger partial charge on any atom is -0.322 e. The van der Waals surface area contributed by atoms with Gasteiger partial charge in [-0.3, -0.25) is 24.6 Å². The van der Waals surface area contributed by atoms with Crippen molar-refractivity contribution in [1.29, 1.82) is 0 Å². The van der Waals surface area contributed by atoms with Gasteiger partial charge in [-0.1, -0.05) is 6.42 Å². The summed E-state index contributed by atoms with van der Waals surface area (Å²) >= 11 is 0. The number of piperidine rings is 1. The molecule has 0 radical (unpaired) electrons. The Morgan fingerprint density at radius 3 is 2.52 bits per heavy atom. The first-order valence-corrected chi connectivity index (χ1v) is 11.3. The molecule has 8 heteroatoms. The first kappa shape index (κ1) is 18.8. The molecule has 1 spiro atoms. The molecule has 4 fully saturated rings. The number of anilines is 1. The van der Waals surface area contributed by atoms with E-state index in [2.05, 4.69) is 5.32 Å². The zero-order valence-corrected chi connectivity index (χ0v) is 17.4. The van der Waals surface area contributed by atoms with Crippen LogP contribution in [0, 0.1) is 5.41 Å². The van der Waals surface area contributed by atoms with E-state index in [0.29, 0.717) is 36.5 Å². The van der Waals surface area contributed by atoms with Gasteiger partial charge in [-0.25, -0.2) is 4.79 Å². The molecule has 5 aliphatic rings. The Labute approximate surface area is 180 Å². The predicted octanol–water partition coefficient (Wildman–Crippen LogP) is 2.02. The zero-order valence-electron chi connectivity index (χ0n) is 17.4. The van der Waals surface area contributed by atoms with Crippen LogP contribution in [0.3, 0.4) is 0 Å². The van der Waals surface area contributed by atoms with E-state index in [-0.39, 0.29) is 24.3 Å². The van der Waals surface area contributed by atoms with E-state index in [1.54, 1.807) is 11.0 Å². The fourth-order valence-corrected chi connectivity index (χ4v) is 6.11. The summed E-state index contributed by atoms with van der Waals surface area (Å²) in [5.41, 5.74) is 2.74. The molecule has 1 unspecified atom stereocenters. The van der Waals surface area contributed by atoms with Crippen LogP contribution in [-0.2, 0) is 16.1 Å². The highest BCUT2D eigenvalue weighted by atomic mass is 16.2. The third-order valence-electron chi connectivity index (χ3n) is 8.05. The third kappa shape index (κ3) is 2.80. The molecule has 1 aromatic rings. The lowest BCUT2D eigenvalue weighted by Gasteiger charge is -2.56. The lowest BCUT2D eigenvalue weighted by molar-refractivity contribution is -0.136. The van der Waals surface area contributed by atoms with Crippen LogP contribution in [0.4, 0.5) is 10.5 Å². The van der Waals surface area contributed by atoms with Crippen LogP contribution >= 0.6 is 0 Å². The number of nitrogens with zero attached hydrogens (tertiary/aromatic N) is 3. The van der Waals surface area contributed by atoms with Crippen LogP contribution in [0.25, 0.3) is 0 Å². The van der Waals surface area contributed by atoms with E-state index in [9.17, 15) is 19.2 Å². The second-order valence-corrected chi connectivity index (χ2v) is 9.78. The summed E-state index contributed by atoms with van der Waals surface area (Å²) in [6.07, 6.45) is 6.84. The van der Waals surface area contributed by atoms with E-state index in [1.165, 1.54) is 19.3 Å². The molecule has 0 aromatic heterocycles. The Kier molecular flexibility index (Phi) is 3.98. The van der Waals surface area contributed by atoms with Crippen molar-refractivity contribution in [3.8, 4) is 0 Å². The smallest absolute Gasteiger partial charge is 0.322 e. The van der Waals surface area contributed by atoms with E-state index in [0.717, 1.165) is 30.6 Å². The maximum Gasteiger partial charge on any atom is 0.324 e. The molecule has 6 rings (SSSR count). The minimum absolute atomic E-state index is 0.0606. The molecule has 0 bridgehead atoms. The van der Waals surface area contributed by atoms with Gasteiger partial charge >= 0.3 is 6.03 Å². The van der Waals surface area contributed by atoms with Crippen LogP contribution in [0.2, 0.25) is 0 Å². The maximum atomic E-state index is 13.1. The van der Waals surface area contributed by atoms with Gasteiger partial charge in [0.1, 0.15) is 6.04 Å². The fourth-order valence-electron chi connectivity index (χ4n) is 6.11. The fraction of sp³-hybridized carbons (Fsp3) is 0.565. The Morgan fingerprint density at radius 2 is 1.81 bits per heavy atom. The van der Waals surface area contributed by atoms with Gasteiger partial charge in [0, 0.05) is 43.3 Å². The van der Waals surface area contributed by atoms with E-state index in [1.807, 2.05) is 21.9 Å². The molecule has 5 amide bonds. The molecule has 2 saturated heterocycles. The highest BCUT2D eigenvalue weighted by Gasteiger charge is 2.52. The van der Waals surface area contributed by atoms with Crippen molar-refractivity contribution < 1.29 is 19.2 Å². The van der Waals surface area contributed by atoms with Crippen LogP contribution in [0.5, 0.6) is 0 Å². The molecule has 162 valence electrons. The zero-order chi connectivity index (χ0) is 21.3. The number of amides is 5. The van der Waals surface area contributed by atoms with Gasteiger partial charge in [0.15, 0.2) is 0 Å². The molecular formula is C23H26N4O4. The van der Waals surface area contributed by atoms with Gasteiger partial charge in [0.25, 0.3) is 5.91 Å². The summed E-state index contributed by atoms with van der Waals surface area (Å²) in [6, 6.07) is 5.32. The number of carbonyl (C=O) groups excluding carboxylic acids is 4.